The van der Waals surface area contributed by atoms with E-state index >= 15 is 0 Å². The summed E-state index contributed by atoms with van der Waals surface area (Å²) in [6.07, 6.45) is 1.43. The van der Waals surface area contributed by atoms with Crippen LogP contribution in [0.4, 0.5) is 0 Å². The van der Waals surface area contributed by atoms with E-state index in [2.05, 4.69) is 14.9 Å². The first kappa shape index (κ1) is 16.1. The summed E-state index contributed by atoms with van der Waals surface area (Å²) in [5, 5.41) is 7.05. The van der Waals surface area contributed by atoms with E-state index in [1.54, 1.807) is 10.6 Å². The van der Waals surface area contributed by atoms with Crippen molar-refractivity contribution in [2.75, 3.05) is 7.11 Å². The van der Waals surface area contributed by atoms with Crippen molar-refractivity contribution in [2.24, 2.45) is 0 Å². The zero-order chi connectivity index (χ0) is 16.9. The van der Waals surface area contributed by atoms with Gasteiger partial charge in [0.2, 0.25) is 5.76 Å². The Balaban J connectivity index is 1.76. The van der Waals surface area contributed by atoms with Crippen LogP contribution in [0.1, 0.15) is 21.7 Å². The highest BCUT2D eigenvalue weighted by Crippen LogP contribution is 2.23. The van der Waals surface area contributed by atoms with Crippen LogP contribution in [0.25, 0.3) is 0 Å². The van der Waals surface area contributed by atoms with E-state index in [0.29, 0.717) is 23.0 Å². The number of thioether (sulfide) groups is 1. The van der Waals surface area contributed by atoms with Crippen molar-refractivity contribution < 1.29 is 13.9 Å². The third-order valence-corrected chi connectivity index (χ3v) is 4.41. The molecule has 0 unspecified atom stereocenters. The van der Waals surface area contributed by atoms with Gasteiger partial charge < -0.3 is 9.15 Å². The van der Waals surface area contributed by atoms with Crippen molar-refractivity contribution in [3.63, 3.8) is 0 Å². The molecule has 0 aliphatic carbocycles. The molecule has 0 bridgehead atoms. The summed E-state index contributed by atoms with van der Waals surface area (Å²) >= 11 is 1.34. The van der Waals surface area contributed by atoms with Crippen LogP contribution in [0, 0.1) is 0 Å². The average molecular weight is 345 g/mol. The Hall–Kier alpha value is -2.74. The van der Waals surface area contributed by atoms with Gasteiger partial charge in [0, 0.05) is 11.3 Å². The zero-order valence-corrected chi connectivity index (χ0v) is 13.7. The van der Waals surface area contributed by atoms with Crippen LogP contribution in [0.5, 0.6) is 0 Å². The SMILES string of the molecule is COC(=O)c1occc1CSc1n[nH]c(=O)n1Cc1ccccc1. The van der Waals surface area contributed by atoms with Gasteiger partial charge in [0.1, 0.15) is 0 Å². The van der Waals surface area contributed by atoms with E-state index in [1.165, 1.54) is 25.1 Å². The number of H-pyrrole nitrogens is 1. The van der Waals surface area contributed by atoms with Crippen molar-refractivity contribution in [3.05, 3.63) is 70.0 Å². The van der Waals surface area contributed by atoms with E-state index in [-0.39, 0.29) is 11.4 Å². The second kappa shape index (κ2) is 7.22. The monoisotopic (exact) mass is 345 g/mol. The van der Waals surface area contributed by atoms with E-state index in [4.69, 9.17) is 4.42 Å². The number of aromatic amines is 1. The summed E-state index contributed by atoms with van der Waals surface area (Å²) in [5.74, 6) is 0.0665. The van der Waals surface area contributed by atoms with Gasteiger partial charge in [0.25, 0.3) is 0 Å². The second-order valence-corrected chi connectivity index (χ2v) is 5.88. The molecule has 0 atom stereocenters. The lowest BCUT2D eigenvalue weighted by Gasteiger charge is -2.05. The number of benzene rings is 1. The highest BCUT2D eigenvalue weighted by molar-refractivity contribution is 7.98. The van der Waals surface area contributed by atoms with Crippen molar-refractivity contribution in [2.45, 2.75) is 17.5 Å². The molecular formula is C16H15N3O4S. The first-order valence-corrected chi connectivity index (χ1v) is 8.14. The Morgan fingerprint density at radius 1 is 1.33 bits per heavy atom. The first-order valence-electron chi connectivity index (χ1n) is 7.15. The van der Waals surface area contributed by atoms with Crippen molar-refractivity contribution in [1.82, 2.24) is 14.8 Å². The predicted octanol–water partition coefficient (Wildman–Crippen LogP) is 2.29. The molecular weight excluding hydrogens is 330 g/mol. The van der Waals surface area contributed by atoms with Gasteiger partial charge in [-0.2, -0.15) is 0 Å². The number of hydrogen-bond acceptors (Lipinski definition) is 6. The summed E-state index contributed by atoms with van der Waals surface area (Å²) in [6, 6.07) is 11.3. The van der Waals surface area contributed by atoms with Crippen LogP contribution in [0.2, 0.25) is 0 Å². The van der Waals surface area contributed by atoms with Gasteiger partial charge in [-0.1, -0.05) is 42.1 Å². The molecule has 1 N–H and O–H groups in total. The Morgan fingerprint density at radius 3 is 2.88 bits per heavy atom. The number of ether oxygens (including phenoxy) is 1. The molecule has 2 aromatic heterocycles. The Kier molecular flexibility index (Phi) is 4.85. The fourth-order valence-corrected chi connectivity index (χ4v) is 3.11. The van der Waals surface area contributed by atoms with Crippen molar-refractivity contribution in [3.8, 4) is 0 Å². The number of methoxy groups -OCH3 is 1. The number of carbonyl (C=O) groups is 1. The lowest BCUT2D eigenvalue weighted by Crippen LogP contribution is -2.18. The molecule has 0 saturated carbocycles. The molecule has 0 spiro atoms. The van der Waals surface area contributed by atoms with E-state index in [9.17, 15) is 9.59 Å². The minimum absolute atomic E-state index is 0.164. The summed E-state index contributed by atoms with van der Waals surface area (Å²) < 4.78 is 11.4. The molecule has 3 rings (SSSR count). The Morgan fingerprint density at radius 2 is 2.12 bits per heavy atom. The summed E-state index contributed by atoms with van der Waals surface area (Å²) in [4.78, 5) is 23.6. The summed E-state index contributed by atoms with van der Waals surface area (Å²) in [7, 11) is 1.30. The molecule has 8 heteroatoms. The normalized spacial score (nSPS) is 10.7. The van der Waals surface area contributed by atoms with Crippen LogP contribution >= 0.6 is 11.8 Å². The molecule has 0 aliphatic rings. The minimum atomic E-state index is -0.528. The maximum absolute atomic E-state index is 12.0. The van der Waals surface area contributed by atoms with Crippen LogP contribution in [-0.4, -0.2) is 27.8 Å². The molecule has 124 valence electrons. The summed E-state index contributed by atoms with van der Waals surface area (Å²) in [5.41, 5.74) is 1.41. The number of esters is 1. The number of furan rings is 1. The molecule has 2 heterocycles. The quantitative estimate of drug-likeness (QED) is 0.544. The molecule has 7 nitrogen and oxygen atoms in total. The van der Waals surface area contributed by atoms with Crippen LogP contribution < -0.4 is 5.69 Å². The molecule has 3 aromatic rings. The first-order chi connectivity index (χ1) is 11.7. The lowest BCUT2D eigenvalue weighted by atomic mass is 10.2. The number of nitrogens with zero attached hydrogens (tertiary/aromatic N) is 2. The number of nitrogens with one attached hydrogen (secondary N) is 1. The zero-order valence-electron chi connectivity index (χ0n) is 12.9. The number of carbonyl (C=O) groups excluding carboxylic acids is 1. The third kappa shape index (κ3) is 3.43. The van der Waals surface area contributed by atoms with Gasteiger partial charge in [-0.05, 0) is 11.6 Å². The minimum Gasteiger partial charge on any atom is -0.463 e. The maximum atomic E-state index is 12.0. The average Bonchev–Trinajstić information content (AvgIpc) is 3.21. The van der Waals surface area contributed by atoms with Crippen molar-refractivity contribution >= 4 is 17.7 Å². The predicted molar refractivity (Wildman–Crippen MR) is 88.0 cm³/mol. The molecule has 24 heavy (non-hydrogen) atoms. The fraction of sp³-hybridized carbons (Fsp3) is 0.188. The van der Waals surface area contributed by atoms with Crippen LogP contribution in [0.15, 0.2) is 57.0 Å². The largest absolute Gasteiger partial charge is 0.463 e. The van der Waals surface area contributed by atoms with E-state index in [0.717, 1.165) is 5.56 Å². The fourth-order valence-electron chi connectivity index (χ4n) is 2.18. The highest BCUT2D eigenvalue weighted by atomic mass is 32.2. The van der Waals surface area contributed by atoms with E-state index in [1.807, 2.05) is 30.3 Å². The number of aromatic nitrogens is 3. The van der Waals surface area contributed by atoms with Gasteiger partial charge in [-0.3, -0.25) is 4.57 Å². The van der Waals surface area contributed by atoms with Gasteiger partial charge in [0.15, 0.2) is 5.16 Å². The molecule has 0 fully saturated rings. The Bertz CT molecular complexity index is 882. The highest BCUT2D eigenvalue weighted by Gasteiger charge is 2.17. The molecule has 0 amide bonds. The van der Waals surface area contributed by atoms with Gasteiger partial charge in [0.05, 0.1) is 19.9 Å². The second-order valence-electron chi connectivity index (χ2n) is 4.94. The lowest BCUT2D eigenvalue weighted by molar-refractivity contribution is 0.0564. The van der Waals surface area contributed by atoms with E-state index < -0.39 is 5.97 Å². The smallest absolute Gasteiger partial charge is 0.374 e. The maximum Gasteiger partial charge on any atom is 0.374 e. The standard InChI is InChI=1S/C16H15N3O4S/c1-22-14(20)13-12(7-8-23-13)10-24-16-18-17-15(21)19(16)9-11-5-3-2-4-6-11/h2-8H,9-10H2,1H3,(H,17,21). The number of rotatable bonds is 6. The topological polar surface area (TPSA) is 90.1 Å². The molecule has 1 aromatic carbocycles. The number of hydrogen-bond donors (Lipinski definition) is 1. The third-order valence-electron chi connectivity index (χ3n) is 3.38. The Labute approximate surface area is 141 Å². The van der Waals surface area contributed by atoms with Gasteiger partial charge in [-0.25, -0.2) is 14.7 Å². The van der Waals surface area contributed by atoms with Gasteiger partial charge in [-0.15, -0.1) is 5.10 Å². The molecule has 0 saturated heterocycles. The molecule has 0 radical (unpaired) electrons. The van der Waals surface area contributed by atoms with Crippen LogP contribution in [-0.2, 0) is 17.0 Å². The van der Waals surface area contributed by atoms with Gasteiger partial charge >= 0.3 is 11.7 Å². The molecule has 0 aliphatic heterocycles. The summed E-state index contributed by atoms with van der Waals surface area (Å²) in [6.45, 7) is 0.424. The van der Waals surface area contributed by atoms with Crippen molar-refractivity contribution in [1.29, 1.82) is 0 Å². The van der Waals surface area contributed by atoms with Crippen LogP contribution in [0.3, 0.4) is 0 Å².